The molecule has 18 heavy (non-hydrogen) atoms. The van der Waals surface area contributed by atoms with E-state index in [2.05, 4.69) is 0 Å². The monoisotopic (exact) mass is 262 g/mol. The standard InChI is InChI=1S/C14H14O3S/c1-3-18-12-8-11(14(16)17-2)13(15)10-7-5-4-6-9(10)12/h4-8,15H,3H2,1-2H3. The molecule has 3 nitrogen and oxygen atoms in total. The summed E-state index contributed by atoms with van der Waals surface area (Å²) >= 11 is 1.64. The summed E-state index contributed by atoms with van der Waals surface area (Å²) < 4.78 is 4.69. The van der Waals surface area contributed by atoms with Crippen molar-refractivity contribution in [3.63, 3.8) is 0 Å². The normalized spacial score (nSPS) is 10.6. The minimum atomic E-state index is -0.517. The summed E-state index contributed by atoms with van der Waals surface area (Å²) in [5.74, 6) is 0.365. The summed E-state index contributed by atoms with van der Waals surface area (Å²) in [4.78, 5) is 12.6. The van der Waals surface area contributed by atoms with Crippen LogP contribution in [0.2, 0.25) is 0 Å². The van der Waals surface area contributed by atoms with Crippen molar-refractivity contribution in [3.8, 4) is 5.75 Å². The zero-order valence-electron chi connectivity index (χ0n) is 10.3. The first kappa shape index (κ1) is 12.8. The van der Waals surface area contributed by atoms with Gasteiger partial charge in [-0.1, -0.05) is 31.2 Å². The highest BCUT2D eigenvalue weighted by atomic mass is 32.2. The summed E-state index contributed by atoms with van der Waals surface area (Å²) in [5.41, 5.74) is 0.215. The van der Waals surface area contributed by atoms with Crippen LogP contribution in [0.5, 0.6) is 5.75 Å². The average molecular weight is 262 g/mol. The minimum Gasteiger partial charge on any atom is -0.506 e. The molecule has 0 unspecified atom stereocenters. The van der Waals surface area contributed by atoms with Gasteiger partial charge in [-0.3, -0.25) is 0 Å². The summed E-state index contributed by atoms with van der Waals surface area (Å²) in [6.07, 6.45) is 0. The number of rotatable bonds is 3. The fourth-order valence-electron chi connectivity index (χ4n) is 1.87. The Hall–Kier alpha value is -1.68. The number of ether oxygens (including phenoxy) is 1. The van der Waals surface area contributed by atoms with Crippen molar-refractivity contribution in [2.75, 3.05) is 12.9 Å². The van der Waals surface area contributed by atoms with Crippen molar-refractivity contribution in [2.45, 2.75) is 11.8 Å². The molecule has 0 aromatic heterocycles. The van der Waals surface area contributed by atoms with Gasteiger partial charge < -0.3 is 9.84 Å². The Labute approximate surface area is 110 Å². The van der Waals surface area contributed by atoms with E-state index in [0.717, 1.165) is 16.0 Å². The number of carbonyl (C=O) groups excluding carboxylic acids is 1. The highest BCUT2D eigenvalue weighted by Gasteiger charge is 2.17. The third-order valence-electron chi connectivity index (χ3n) is 2.68. The van der Waals surface area contributed by atoms with Gasteiger partial charge in [0.2, 0.25) is 0 Å². The highest BCUT2D eigenvalue weighted by Crippen LogP contribution is 2.36. The van der Waals surface area contributed by atoms with E-state index in [-0.39, 0.29) is 11.3 Å². The molecule has 0 aliphatic heterocycles. The van der Waals surface area contributed by atoms with Crippen LogP contribution in [-0.4, -0.2) is 23.9 Å². The zero-order valence-corrected chi connectivity index (χ0v) is 11.1. The molecule has 1 N–H and O–H groups in total. The van der Waals surface area contributed by atoms with Gasteiger partial charge in [0.15, 0.2) is 0 Å². The molecule has 2 aromatic rings. The molecule has 4 heteroatoms. The van der Waals surface area contributed by atoms with E-state index in [1.165, 1.54) is 7.11 Å². The van der Waals surface area contributed by atoms with Gasteiger partial charge in [0.05, 0.1) is 7.11 Å². The Balaban J connectivity index is 2.74. The number of benzene rings is 2. The number of thioether (sulfide) groups is 1. The summed E-state index contributed by atoms with van der Waals surface area (Å²) in [6.45, 7) is 2.05. The van der Waals surface area contributed by atoms with Crippen LogP contribution in [0.1, 0.15) is 17.3 Å². The number of esters is 1. The Morgan fingerprint density at radius 1 is 1.33 bits per heavy atom. The van der Waals surface area contributed by atoms with Gasteiger partial charge in [0.25, 0.3) is 0 Å². The maximum Gasteiger partial charge on any atom is 0.341 e. The molecule has 0 saturated heterocycles. The fourth-order valence-corrected chi connectivity index (χ4v) is 2.71. The molecule has 94 valence electrons. The Morgan fingerprint density at radius 2 is 2.00 bits per heavy atom. The molecule has 0 amide bonds. The lowest BCUT2D eigenvalue weighted by Crippen LogP contribution is -2.02. The Kier molecular flexibility index (Phi) is 3.77. The third kappa shape index (κ3) is 2.16. The van der Waals surface area contributed by atoms with E-state index in [9.17, 15) is 9.90 Å². The minimum absolute atomic E-state index is 0.0158. The maximum absolute atomic E-state index is 11.6. The lowest BCUT2D eigenvalue weighted by molar-refractivity contribution is 0.0597. The molecular formula is C14H14O3S. The average Bonchev–Trinajstić information content (AvgIpc) is 2.41. The van der Waals surface area contributed by atoms with Crippen LogP contribution in [0.4, 0.5) is 0 Å². The van der Waals surface area contributed by atoms with Crippen LogP contribution < -0.4 is 0 Å². The summed E-state index contributed by atoms with van der Waals surface area (Å²) in [7, 11) is 1.31. The molecule has 0 saturated carbocycles. The van der Waals surface area contributed by atoms with E-state index in [0.29, 0.717) is 5.39 Å². The first-order chi connectivity index (χ1) is 8.69. The van der Waals surface area contributed by atoms with Gasteiger partial charge in [-0.05, 0) is 17.2 Å². The number of phenols is 1. The van der Waals surface area contributed by atoms with Crippen molar-refractivity contribution < 1.29 is 14.6 Å². The molecule has 2 rings (SSSR count). The van der Waals surface area contributed by atoms with Gasteiger partial charge in [-0.2, -0.15) is 0 Å². The SMILES string of the molecule is CCSc1cc(C(=O)OC)c(O)c2ccccc12. The predicted molar refractivity (Wildman–Crippen MR) is 73.4 cm³/mol. The van der Waals surface area contributed by atoms with E-state index in [4.69, 9.17) is 4.74 Å². The van der Waals surface area contributed by atoms with E-state index >= 15 is 0 Å². The van der Waals surface area contributed by atoms with Crippen molar-refractivity contribution in [1.29, 1.82) is 0 Å². The molecule has 0 spiro atoms. The lowest BCUT2D eigenvalue weighted by Gasteiger charge is -2.11. The van der Waals surface area contributed by atoms with Gasteiger partial charge in [-0.15, -0.1) is 11.8 Å². The highest BCUT2D eigenvalue weighted by molar-refractivity contribution is 7.99. The second-order valence-corrected chi connectivity index (χ2v) is 5.05. The molecule has 0 heterocycles. The van der Waals surface area contributed by atoms with E-state index in [1.54, 1.807) is 23.9 Å². The van der Waals surface area contributed by atoms with Crippen LogP contribution in [0.3, 0.4) is 0 Å². The number of methoxy groups -OCH3 is 1. The second-order valence-electron chi connectivity index (χ2n) is 3.74. The predicted octanol–water partition coefficient (Wildman–Crippen LogP) is 3.44. The molecular weight excluding hydrogens is 248 g/mol. The molecule has 0 radical (unpaired) electrons. The number of hydrogen-bond acceptors (Lipinski definition) is 4. The third-order valence-corrected chi connectivity index (χ3v) is 3.62. The van der Waals surface area contributed by atoms with Gasteiger partial charge in [-0.25, -0.2) is 4.79 Å². The number of hydrogen-bond donors (Lipinski definition) is 1. The molecule has 0 aliphatic carbocycles. The van der Waals surface area contributed by atoms with E-state index in [1.807, 2.05) is 25.1 Å². The van der Waals surface area contributed by atoms with Crippen LogP contribution in [0, 0.1) is 0 Å². The first-order valence-corrected chi connectivity index (χ1v) is 6.63. The van der Waals surface area contributed by atoms with Gasteiger partial charge in [0, 0.05) is 10.3 Å². The molecule has 0 aliphatic rings. The first-order valence-electron chi connectivity index (χ1n) is 5.64. The van der Waals surface area contributed by atoms with Crippen molar-refractivity contribution in [3.05, 3.63) is 35.9 Å². The maximum atomic E-state index is 11.6. The Bertz CT molecular complexity index is 593. The van der Waals surface area contributed by atoms with Crippen LogP contribution in [0.15, 0.2) is 35.2 Å². The zero-order chi connectivity index (χ0) is 13.1. The van der Waals surface area contributed by atoms with Crippen molar-refractivity contribution >= 4 is 28.5 Å². The van der Waals surface area contributed by atoms with Crippen LogP contribution in [-0.2, 0) is 4.74 Å². The smallest absolute Gasteiger partial charge is 0.341 e. The number of aromatic hydroxyl groups is 1. The molecule has 2 aromatic carbocycles. The Morgan fingerprint density at radius 3 is 2.61 bits per heavy atom. The van der Waals surface area contributed by atoms with Gasteiger partial charge >= 0.3 is 5.97 Å². The molecule has 0 bridgehead atoms. The fraction of sp³-hybridized carbons (Fsp3) is 0.214. The van der Waals surface area contributed by atoms with Gasteiger partial charge in [0.1, 0.15) is 11.3 Å². The van der Waals surface area contributed by atoms with Crippen LogP contribution in [0.25, 0.3) is 10.8 Å². The largest absolute Gasteiger partial charge is 0.506 e. The molecule has 0 fully saturated rings. The van der Waals surface area contributed by atoms with E-state index < -0.39 is 5.97 Å². The van der Waals surface area contributed by atoms with Crippen molar-refractivity contribution in [2.24, 2.45) is 0 Å². The summed E-state index contributed by atoms with van der Waals surface area (Å²) in [5, 5.41) is 11.8. The summed E-state index contributed by atoms with van der Waals surface area (Å²) in [6, 6.07) is 9.19. The number of carbonyl (C=O) groups is 1. The second kappa shape index (κ2) is 5.31. The lowest BCUT2D eigenvalue weighted by atomic mass is 10.1. The molecule has 0 atom stereocenters. The van der Waals surface area contributed by atoms with Crippen molar-refractivity contribution in [1.82, 2.24) is 0 Å². The quantitative estimate of drug-likeness (QED) is 0.680. The topological polar surface area (TPSA) is 46.5 Å². The number of phenolic OH excluding ortho intramolecular Hbond substituents is 1. The van der Waals surface area contributed by atoms with Crippen LogP contribution >= 0.6 is 11.8 Å². The number of fused-ring (bicyclic) bond motifs is 1.